The summed E-state index contributed by atoms with van der Waals surface area (Å²) in [5.41, 5.74) is 8.96. The molecule has 2 N–H and O–H groups in total. The smallest absolute Gasteiger partial charge is 0.0764 e. The molecule has 1 heterocycles. The molecule has 1 aromatic carbocycles. The first-order valence-electron chi connectivity index (χ1n) is 7.15. The zero-order chi connectivity index (χ0) is 14.5. The SMILES string of the molecule is CCC(C)n1ccc(CN(C)Cc2cccc(N)c2)n1. The highest BCUT2D eigenvalue weighted by Gasteiger charge is 2.07. The summed E-state index contributed by atoms with van der Waals surface area (Å²) in [5, 5.41) is 4.63. The maximum atomic E-state index is 5.80. The number of hydrogen-bond acceptors (Lipinski definition) is 3. The van der Waals surface area contributed by atoms with Gasteiger partial charge in [-0.05, 0) is 44.2 Å². The van der Waals surface area contributed by atoms with Crippen molar-refractivity contribution in [2.45, 2.75) is 39.4 Å². The van der Waals surface area contributed by atoms with Crippen molar-refractivity contribution < 1.29 is 0 Å². The largest absolute Gasteiger partial charge is 0.399 e. The van der Waals surface area contributed by atoms with E-state index in [0.29, 0.717) is 6.04 Å². The molecule has 0 amide bonds. The van der Waals surface area contributed by atoms with Gasteiger partial charge in [-0.25, -0.2) is 0 Å². The molecule has 4 nitrogen and oxygen atoms in total. The number of aromatic nitrogens is 2. The second-order valence-electron chi connectivity index (χ2n) is 5.46. The minimum Gasteiger partial charge on any atom is -0.399 e. The van der Waals surface area contributed by atoms with Gasteiger partial charge in [0.25, 0.3) is 0 Å². The van der Waals surface area contributed by atoms with Gasteiger partial charge in [-0.15, -0.1) is 0 Å². The van der Waals surface area contributed by atoms with Crippen LogP contribution in [0.4, 0.5) is 5.69 Å². The third-order valence-electron chi connectivity index (χ3n) is 3.54. The Morgan fingerprint density at radius 3 is 2.80 bits per heavy atom. The summed E-state index contributed by atoms with van der Waals surface area (Å²) in [4.78, 5) is 2.25. The Labute approximate surface area is 121 Å². The highest BCUT2D eigenvalue weighted by Crippen LogP contribution is 2.12. The van der Waals surface area contributed by atoms with Crippen molar-refractivity contribution in [3.63, 3.8) is 0 Å². The molecule has 20 heavy (non-hydrogen) atoms. The molecule has 4 heteroatoms. The predicted octanol–water partition coefficient (Wildman–Crippen LogP) is 3.07. The molecule has 0 aliphatic heterocycles. The molecule has 1 unspecified atom stereocenters. The first-order valence-corrected chi connectivity index (χ1v) is 7.15. The summed E-state index contributed by atoms with van der Waals surface area (Å²) in [5.74, 6) is 0. The summed E-state index contributed by atoms with van der Waals surface area (Å²) in [7, 11) is 2.10. The van der Waals surface area contributed by atoms with E-state index in [-0.39, 0.29) is 0 Å². The molecule has 108 valence electrons. The summed E-state index contributed by atoms with van der Waals surface area (Å²) in [6, 6.07) is 10.6. The predicted molar refractivity (Wildman–Crippen MR) is 83.3 cm³/mol. The van der Waals surface area contributed by atoms with E-state index in [1.54, 1.807) is 0 Å². The molecular formula is C16H24N4. The van der Waals surface area contributed by atoms with Gasteiger partial charge in [0.15, 0.2) is 0 Å². The summed E-state index contributed by atoms with van der Waals surface area (Å²) < 4.78 is 2.05. The van der Waals surface area contributed by atoms with Crippen LogP contribution in [0.3, 0.4) is 0 Å². The van der Waals surface area contributed by atoms with Crippen LogP contribution in [0.25, 0.3) is 0 Å². The molecule has 0 aliphatic carbocycles. The lowest BCUT2D eigenvalue weighted by atomic mass is 10.2. The third kappa shape index (κ3) is 3.84. The number of benzene rings is 1. The van der Waals surface area contributed by atoms with Crippen LogP contribution in [0, 0.1) is 0 Å². The fraction of sp³-hybridized carbons (Fsp3) is 0.438. The van der Waals surface area contributed by atoms with E-state index in [9.17, 15) is 0 Å². The van der Waals surface area contributed by atoms with Crippen LogP contribution in [-0.2, 0) is 13.1 Å². The van der Waals surface area contributed by atoms with Gasteiger partial charge in [-0.1, -0.05) is 19.1 Å². The van der Waals surface area contributed by atoms with Gasteiger partial charge in [-0.3, -0.25) is 9.58 Å². The van der Waals surface area contributed by atoms with Crippen LogP contribution in [-0.4, -0.2) is 21.7 Å². The highest BCUT2D eigenvalue weighted by molar-refractivity contribution is 5.40. The average molecular weight is 272 g/mol. The lowest BCUT2D eigenvalue weighted by Crippen LogP contribution is -2.18. The molecule has 0 bridgehead atoms. The number of hydrogen-bond donors (Lipinski definition) is 1. The standard InChI is InChI=1S/C16H24N4/c1-4-13(2)20-9-8-16(18-20)12-19(3)11-14-6-5-7-15(17)10-14/h5-10,13H,4,11-12,17H2,1-3H3. The number of nitrogens with two attached hydrogens (primary N) is 1. The number of rotatable bonds is 6. The molecular weight excluding hydrogens is 248 g/mol. The van der Waals surface area contributed by atoms with Gasteiger partial charge in [0.05, 0.1) is 5.69 Å². The maximum absolute atomic E-state index is 5.80. The van der Waals surface area contributed by atoms with Gasteiger partial charge in [0, 0.05) is 31.0 Å². The first kappa shape index (κ1) is 14.6. The average Bonchev–Trinajstić information content (AvgIpc) is 2.86. The summed E-state index contributed by atoms with van der Waals surface area (Å²) in [6.07, 6.45) is 3.16. The first-order chi connectivity index (χ1) is 9.58. The summed E-state index contributed by atoms with van der Waals surface area (Å²) >= 11 is 0. The van der Waals surface area contributed by atoms with Crippen molar-refractivity contribution in [3.8, 4) is 0 Å². The summed E-state index contributed by atoms with van der Waals surface area (Å²) in [6.45, 7) is 6.09. The van der Waals surface area contributed by atoms with Crippen LogP contribution in [0.1, 0.15) is 37.6 Å². The van der Waals surface area contributed by atoms with Crippen LogP contribution < -0.4 is 5.73 Å². The Hall–Kier alpha value is -1.81. The molecule has 2 rings (SSSR count). The zero-order valence-corrected chi connectivity index (χ0v) is 12.6. The molecule has 0 aliphatic rings. The molecule has 2 aromatic rings. The molecule has 0 saturated carbocycles. The van der Waals surface area contributed by atoms with E-state index in [4.69, 9.17) is 5.73 Å². The lowest BCUT2D eigenvalue weighted by molar-refractivity contribution is 0.312. The molecule has 0 fully saturated rings. The fourth-order valence-corrected chi connectivity index (χ4v) is 2.23. The minimum atomic E-state index is 0.461. The number of nitrogens with zero attached hydrogens (tertiary/aromatic N) is 3. The van der Waals surface area contributed by atoms with Gasteiger partial charge in [-0.2, -0.15) is 5.10 Å². The molecule has 0 saturated heterocycles. The van der Waals surface area contributed by atoms with Crippen molar-refractivity contribution in [1.29, 1.82) is 0 Å². The highest BCUT2D eigenvalue weighted by atomic mass is 15.3. The van der Waals surface area contributed by atoms with Crippen molar-refractivity contribution in [2.75, 3.05) is 12.8 Å². The second-order valence-corrected chi connectivity index (χ2v) is 5.46. The zero-order valence-electron chi connectivity index (χ0n) is 12.6. The van der Waals surface area contributed by atoms with Gasteiger partial charge >= 0.3 is 0 Å². The van der Waals surface area contributed by atoms with Crippen molar-refractivity contribution in [1.82, 2.24) is 14.7 Å². The van der Waals surface area contributed by atoms with Crippen LogP contribution in [0.5, 0.6) is 0 Å². The third-order valence-corrected chi connectivity index (χ3v) is 3.54. The van der Waals surface area contributed by atoms with Gasteiger partial charge in [0.2, 0.25) is 0 Å². The minimum absolute atomic E-state index is 0.461. The van der Waals surface area contributed by atoms with Crippen molar-refractivity contribution >= 4 is 5.69 Å². The van der Waals surface area contributed by atoms with E-state index in [1.807, 2.05) is 22.9 Å². The molecule has 0 spiro atoms. The number of nitrogen functional groups attached to an aromatic ring is 1. The van der Waals surface area contributed by atoms with Gasteiger partial charge in [0.1, 0.15) is 0 Å². The Bertz CT molecular complexity index is 547. The Balaban J connectivity index is 1.94. The van der Waals surface area contributed by atoms with Crippen molar-refractivity contribution in [3.05, 3.63) is 47.8 Å². The van der Waals surface area contributed by atoms with E-state index < -0.39 is 0 Å². The normalized spacial score (nSPS) is 12.8. The van der Waals surface area contributed by atoms with E-state index in [0.717, 1.165) is 30.9 Å². The Morgan fingerprint density at radius 2 is 2.10 bits per heavy atom. The topological polar surface area (TPSA) is 47.1 Å². The lowest BCUT2D eigenvalue weighted by Gasteiger charge is -2.16. The Kier molecular flexibility index (Phi) is 4.79. The van der Waals surface area contributed by atoms with Crippen molar-refractivity contribution in [2.24, 2.45) is 0 Å². The van der Waals surface area contributed by atoms with E-state index in [2.05, 4.69) is 49.2 Å². The quantitative estimate of drug-likeness (QED) is 0.822. The van der Waals surface area contributed by atoms with E-state index in [1.165, 1.54) is 5.56 Å². The Morgan fingerprint density at radius 1 is 1.30 bits per heavy atom. The molecule has 1 aromatic heterocycles. The number of anilines is 1. The molecule has 1 atom stereocenters. The maximum Gasteiger partial charge on any atom is 0.0764 e. The second kappa shape index (κ2) is 6.57. The van der Waals surface area contributed by atoms with E-state index >= 15 is 0 Å². The van der Waals surface area contributed by atoms with Crippen LogP contribution >= 0.6 is 0 Å². The van der Waals surface area contributed by atoms with Gasteiger partial charge < -0.3 is 5.73 Å². The fourth-order valence-electron chi connectivity index (χ4n) is 2.23. The van der Waals surface area contributed by atoms with Crippen LogP contribution in [0.2, 0.25) is 0 Å². The van der Waals surface area contributed by atoms with Crippen LogP contribution in [0.15, 0.2) is 36.5 Å². The molecule has 0 radical (unpaired) electrons. The monoisotopic (exact) mass is 272 g/mol.